The van der Waals surface area contributed by atoms with Crippen molar-refractivity contribution in [2.75, 3.05) is 26.2 Å². The van der Waals surface area contributed by atoms with Crippen molar-refractivity contribution in [3.05, 3.63) is 0 Å². The van der Waals surface area contributed by atoms with E-state index in [2.05, 4.69) is 0 Å². The van der Waals surface area contributed by atoms with Crippen LogP contribution in [0.2, 0.25) is 0 Å². The molecule has 2 amide bonds. The van der Waals surface area contributed by atoms with Gasteiger partial charge in [-0.15, -0.1) is 0 Å². The summed E-state index contributed by atoms with van der Waals surface area (Å²) in [5.41, 5.74) is 0. The Labute approximate surface area is 94.4 Å². The average Bonchev–Trinajstić information content (AvgIpc) is 2.72. The van der Waals surface area contributed by atoms with Crippen molar-refractivity contribution in [3.63, 3.8) is 0 Å². The van der Waals surface area contributed by atoms with Crippen LogP contribution in [0.25, 0.3) is 0 Å². The quantitative estimate of drug-likeness (QED) is 0.710. The predicted octanol–water partition coefficient (Wildman–Crippen LogP) is -0.0304. The lowest BCUT2D eigenvalue weighted by Crippen LogP contribution is -2.48. The summed E-state index contributed by atoms with van der Waals surface area (Å²) in [5.74, 6) is -1.02. The number of likely N-dealkylation sites (N-methyl/N-ethyl adjacent to an activating group) is 1. The Hall–Kier alpha value is -1.30. The highest BCUT2D eigenvalue weighted by Gasteiger charge is 2.31. The second-order valence-electron chi connectivity index (χ2n) is 3.86. The highest BCUT2D eigenvalue weighted by Crippen LogP contribution is 2.18. The number of carbonyl (C=O) groups is 2. The molecule has 0 aliphatic carbocycles. The zero-order valence-corrected chi connectivity index (χ0v) is 9.43. The molecule has 1 heterocycles. The number of amides is 2. The van der Waals surface area contributed by atoms with E-state index in [1.807, 2.05) is 0 Å². The normalized spacial score (nSPS) is 19.9. The lowest BCUT2D eigenvalue weighted by molar-refractivity contribution is -0.137. The molecule has 1 aliphatic heterocycles. The maximum Gasteiger partial charge on any atom is 0.323 e. The number of hydrogen-bond acceptors (Lipinski definition) is 3. The molecule has 0 bridgehead atoms. The topological polar surface area (TPSA) is 81.1 Å². The van der Waals surface area contributed by atoms with E-state index in [1.165, 1.54) is 4.90 Å². The monoisotopic (exact) mass is 230 g/mol. The van der Waals surface area contributed by atoms with Crippen LogP contribution in [-0.4, -0.2) is 64.3 Å². The number of likely N-dealkylation sites (tertiary alicyclic amines) is 1. The molecular weight excluding hydrogens is 212 g/mol. The molecule has 6 nitrogen and oxygen atoms in total. The van der Waals surface area contributed by atoms with Crippen LogP contribution < -0.4 is 0 Å². The Bertz CT molecular complexity index is 270. The fraction of sp³-hybridized carbons (Fsp3) is 0.800. The molecular formula is C10H18N2O4. The van der Waals surface area contributed by atoms with Crippen molar-refractivity contribution in [1.82, 2.24) is 9.80 Å². The molecule has 1 saturated heterocycles. The van der Waals surface area contributed by atoms with Gasteiger partial charge in [-0.1, -0.05) is 0 Å². The first-order valence-corrected chi connectivity index (χ1v) is 5.48. The van der Waals surface area contributed by atoms with Gasteiger partial charge >= 0.3 is 12.0 Å². The molecule has 0 radical (unpaired) electrons. The summed E-state index contributed by atoms with van der Waals surface area (Å²) in [6.07, 6.45) is 1.65. The first-order chi connectivity index (χ1) is 7.60. The second-order valence-corrected chi connectivity index (χ2v) is 3.86. The smallest absolute Gasteiger partial charge is 0.323 e. The first-order valence-electron chi connectivity index (χ1n) is 5.48. The largest absolute Gasteiger partial charge is 0.480 e. The van der Waals surface area contributed by atoms with E-state index >= 15 is 0 Å². The third-order valence-corrected chi connectivity index (χ3v) is 2.81. The SMILES string of the molecule is CCN(CC(=O)O)C(=O)N1CCCC1CO. The number of aliphatic carboxylic acids is 1. The molecule has 0 aromatic carbocycles. The van der Waals surface area contributed by atoms with E-state index < -0.39 is 5.97 Å². The van der Waals surface area contributed by atoms with Gasteiger partial charge in [0, 0.05) is 13.1 Å². The van der Waals surface area contributed by atoms with Crippen molar-refractivity contribution >= 4 is 12.0 Å². The highest BCUT2D eigenvalue weighted by atomic mass is 16.4. The number of carboxylic acid groups (broad SMARTS) is 1. The van der Waals surface area contributed by atoms with Crippen LogP contribution >= 0.6 is 0 Å². The summed E-state index contributed by atoms with van der Waals surface area (Å²) in [7, 11) is 0. The molecule has 1 rings (SSSR count). The van der Waals surface area contributed by atoms with Gasteiger partial charge in [-0.2, -0.15) is 0 Å². The standard InChI is InChI=1S/C10H18N2O4/c1-2-11(6-9(14)15)10(16)12-5-3-4-8(12)7-13/h8,13H,2-7H2,1H3,(H,14,15). The van der Waals surface area contributed by atoms with Crippen LogP contribution in [0, 0.1) is 0 Å². The fourth-order valence-electron chi connectivity index (χ4n) is 1.94. The Morgan fingerprint density at radius 3 is 2.69 bits per heavy atom. The summed E-state index contributed by atoms with van der Waals surface area (Å²) in [5, 5.41) is 17.8. The molecule has 16 heavy (non-hydrogen) atoms. The number of urea groups is 1. The zero-order chi connectivity index (χ0) is 12.1. The average molecular weight is 230 g/mol. The van der Waals surface area contributed by atoms with Gasteiger partial charge in [-0.05, 0) is 19.8 Å². The van der Waals surface area contributed by atoms with Crippen molar-refractivity contribution in [1.29, 1.82) is 0 Å². The van der Waals surface area contributed by atoms with Crippen molar-refractivity contribution in [3.8, 4) is 0 Å². The molecule has 1 atom stereocenters. The minimum absolute atomic E-state index is 0.0592. The molecule has 2 N–H and O–H groups in total. The number of aliphatic hydroxyl groups excluding tert-OH is 1. The summed E-state index contributed by atoms with van der Waals surface area (Å²) in [4.78, 5) is 25.4. The van der Waals surface area contributed by atoms with E-state index in [-0.39, 0.29) is 25.2 Å². The van der Waals surface area contributed by atoms with Crippen molar-refractivity contribution in [2.24, 2.45) is 0 Å². The van der Waals surface area contributed by atoms with Gasteiger partial charge in [0.2, 0.25) is 0 Å². The maximum atomic E-state index is 12.0. The number of aliphatic hydroxyl groups is 1. The zero-order valence-electron chi connectivity index (χ0n) is 9.43. The number of hydrogen-bond donors (Lipinski definition) is 2. The predicted molar refractivity (Wildman–Crippen MR) is 57.1 cm³/mol. The van der Waals surface area contributed by atoms with Crippen molar-refractivity contribution < 1.29 is 19.8 Å². The highest BCUT2D eigenvalue weighted by molar-refractivity contribution is 5.80. The van der Waals surface area contributed by atoms with E-state index in [0.717, 1.165) is 12.8 Å². The molecule has 0 aromatic heterocycles. The van der Waals surface area contributed by atoms with Gasteiger partial charge in [0.1, 0.15) is 6.54 Å². The summed E-state index contributed by atoms with van der Waals surface area (Å²) in [6, 6.07) is -0.447. The molecule has 0 saturated carbocycles. The second kappa shape index (κ2) is 5.69. The van der Waals surface area contributed by atoms with Crippen LogP contribution in [0.1, 0.15) is 19.8 Å². The van der Waals surface area contributed by atoms with Crippen LogP contribution in [0.4, 0.5) is 4.79 Å². The van der Waals surface area contributed by atoms with Crippen LogP contribution in [0.5, 0.6) is 0 Å². The molecule has 1 fully saturated rings. The summed E-state index contributed by atoms with van der Waals surface area (Å²) in [6.45, 7) is 2.35. The Morgan fingerprint density at radius 1 is 1.50 bits per heavy atom. The van der Waals surface area contributed by atoms with Crippen molar-refractivity contribution in [2.45, 2.75) is 25.8 Å². The van der Waals surface area contributed by atoms with Gasteiger partial charge < -0.3 is 20.0 Å². The minimum atomic E-state index is -1.02. The summed E-state index contributed by atoms with van der Waals surface area (Å²) >= 11 is 0. The van der Waals surface area contributed by atoms with Gasteiger partial charge in [0.25, 0.3) is 0 Å². The molecule has 1 aliphatic rings. The van der Waals surface area contributed by atoms with Crippen LogP contribution in [-0.2, 0) is 4.79 Å². The number of carboxylic acids is 1. The lowest BCUT2D eigenvalue weighted by atomic mass is 10.2. The Kier molecular flexibility index (Phi) is 4.54. The van der Waals surface area contributed by atoms with Gasteiger partial charge in [0.05, 0.1) is 12.6 Å². The van der Waals surface area contributed by atoms with Gasteiger partial charge in [0.15, 0.2) is 0 Å². The number of carbonyl (C=O) groups excluding carboxylic acids is 1. The molecule has 0 aromatic rings. The fourth-order valence-corrected chi connectivity index (χ4v) is 1.94. The molecule has 1 unspecified atom stereocenters. The third-order valence-electron chi connectivity index (χ3n) is 2.81. The lowest BCUT2D eigenvalue weighted by Gasteiger charge is -2.29. The third kappa shape index (κ3) is 2.85. The number of rotatable bonds is 4. The Balaban J connectivity index is 2.63. The summed E-state index contributed by atoms with van der Waals surface area (Å²) < 4.78 is 0. The van der Waals surface area contributed by atoms with Gasteiger partial charge in [-0.25, -0.2) is 4.79 Å². The van der Waals surface area contributed by atoms with E-state index in [0.29, 0.717) is 13.1 Å². The first kappa shape index (κ1) is 12.8. The molecule has 0 spiro atoms. The Morgan fingerprint density at radius 2 is 2.19 bits per heavy atom. The van der Waals surface area contributed by atoms with Gasteiger partial charge in [-0.3, -0.25) is 4.79 Å². The number of nitrogens with zero attached hydrogens (tertiary/aromatic N) is 2. The van der Waals surface area contributed by atoms with Crippen LogP contribution in [0.15, 0.2) is 0 Å². The van der Waals surface area contributed by atoms with E-state index in [4.69, 9.17) is 10.2 Å². The van der Waals surface area contributed by atoms with E-state index in [9.17, 15) is 9.59 Å². The van der Waals surface area contributed by atoms with E-state index in [1.54, 1.807) is 11.8 Å². The van der Waals surface area contributed by atoms with Crippen LogP contribution in [0.3, 0.4) is 0 Å². The maximum absolute atomic E-state index is 12.0. The molecule has 92 valence electrons. The minimum Gasteiger partial charge on any atom is -0.480 e. The molecule has 6 heteroatoms.